The van der Waals surface area contributed by atoms with Gasteiger partial charge in [0.25, 0.3) is 0 Å². The third-order valence-electron chi connectivity index (χ3n) is 17.2. The number of fused-ring (bicyclic) bond motifs is 1. The molecule has 3 aromatic rings. The van der Waals surface area contributed by atoms with Crippen LogP contribution in [0, 0.1) is 17.8 Å². The summed E-state index contributed by atoms with van der Waals surface area (Å²) in [7, 11) is 6.94. The highest BCUT2D eigenvalue weighted by atomic mass is 35.5. The van der Waals surface area contributed by atoms with Gasteiger partial charge in [0.15, 0.2) is 12.6 Å². The zero-order valence-electron chi connectivity index (χ0n) is 49.6. The standard InChI is InChI=1S/C62H89ClN6O13/c1-36-33-61(6,77)56(82-60-53(72)49(67(8)9)28-37(2)79-60)38(3)54(81-52-34-62(7,78-11)55(73)40(5)80-52)39(4)59(76)69-27-17-22-48(69)58(75)65-45(32-51(71)68(10)35-36)29-42-23-25-44(26-24-42)64-57(74)47(31-43-20-15-16-21-46(43)63)66-50(70)30-41-18-13-12-14-19-41/h12-16,18-21,23-26,36-40,45,47-49,52-56,60,72-73,77H,17,22,27-35H2,1-11H3,(H,64,74)(H,65,75)(H,66,70)/t36-,37-,38+,39-,40+,45-,47+,48+,49+,52+,53-,54+,55+,56-,60+,61-,62-/m1/s1. The van der Waals surface area contributed by atoms with Crippen molar-refractivity contribution in [3.8, 4) is 0 Å². The molecule has 0 bridgehead atoms. The molecule has 0 aromatic heterocycles. The van der Waals surface area contributed by atoms with Gasteiger partial charge in [-0.15, -0.1) is 0 Å². The molecule has 5 amide bonds. The fourth-order valence-corrected chi connectivity index (χ4v) is 12.8. The van der Waals surface area contributed by atoms with E-state index in [1.54, 1.807) is 80.9 Å². The molecule has 0 aliphatic carbocycles. The van der Waals surface area contributed by atoms with Crippen LogP contribution >= 0.6 is 11.6 Å². The second kappa shape index (κ2) is 28.2. The zero-order chi connectivity index (χ0) is 59.8. The summed E-state index contributed by atoms with van der Waals surface area (Å²) in [6.45, 7) is 13.0. The van der Waals surface area contributed by atoms with Crippen molar-refractivity contribution < 1.29 is 63.0 Å². The lowest BCUT2D eigenvalue weighted by molar-refractivity contribution is -0.317. The van der Waals surface area contributed by atoms with Crippen LogP contribution in [0.1, 0.15) is 104 Å². The van der Waals surface area contributed by atoms with E-state index in [-0.39, 0.29) is 87.4 Å². The molecule has 4 saturated heterocycles. The minimum Gasteiger partial charge on any atom is -0.387 e. The molecule has 20 heteroatoms. The van der Waals surface area contributed by atoms with Crippen molar-refractivity contribution in [2.45, 2.75) is 191 Å². The number of hydrogen-bond donors (Lipinski definition) is 6. The summed E-state index contributed by atoms with van der Waals surface area (Å²) in [6.07, 6.45) is -5.56. The Hall–Kier alpha value is -5.06. The van der Waals surface area contributed by atoms with Crippen LogP contribution in [-0.4, -0.2) is 185 Å². The summed E-state index contributed by atoms with van der Waals surface area (Å²) in [5.74, 6) is -3.96. The Kier molecular flexibility index (Phi) is 22.2. The lowest BCUT2D eigenvalue weighted by atomic mass is 9.77. The first kappa shape index (κ1) is 64.5. The normalized spacial score (nSPS) is 34.0. The topological polar surface area (TPSA) is 238 Å². The number of aliphatic hydroxyl groups is 3. The van der Waals surface area contributed by atoms with Crippen LogP contribution in [0.3, 0.4) is 0 Å². The highest BCUT2D eigenvalue weighted by Crippen LogP contribution is 2.40. The average Bonchev–Trinajstić information content (AvgIpc) is 4.06. The first-order chi connectivity index (χ1) is 38.8. The summed E-state index contributed by atoms with van der Waals surface area (Å²) in [6, 6.07) is 20.5. The van der Waals surface area contributed by atoms with E-state index < -0.39 is 96.1 Å². The van der Waals surface area contributed by atoms with Crippen molar-refractivity contribution in [1.29, 1.82) is 0 Å². The molecule has 82 heavy (non-hydrogen) atoms. The van der Waals surface area contributed by atoms with E-state index in [0.29, 0.717) is 35.5 Å². The van der Waals surface area contributed by atoms with Gasteiger partial charge in [-0.25, -0.2) is 0 Å². The Labute approximate surface area is 489 Å². The van der Waals surface area contributed by atoms with E-state index in [1.807, 2.05) is 82.2 Å². The Morgan fingerprint density at radius 1 is 0.915 bits per heavy atom. The van der Waals surface area contributed by atoms with Gasteiger partial charge in [-0.2, -0.15) is 0 Å². The smallest absolute Gasteiger partial charge is 0.247 e. The number of hydrogen-bond acceptors (Lipinski definition) is 14. The summed E-state index contributed by atoms with van der Waals surface area (Å²) in [4.78, 5) is 76.7. The molecule has 17 atom stereocenters. The van der Waals surface area contributed by atoms with Crippen molar-refractivity contribution >= 4 is 46.8 Å². The van der Waals surface area contributed by atoms with Crippen LogP contribution in [0.5, 0.6) is 0 Å². The molecule has 0 unspecified atom stereocenters. The number of anilines is 1. The highest BCUT2D eigenvalue weighted by molar-refractivity contribution is 6.31. The number of carbonyl (C=O) groups is 5. The third kappa shape index (κ3) is 16.2. The van der Waals surface area contributed by atoms with Crippen molar-refractivity contribution in [3.63, 3.8) is 0 Å². The molecule has 0 spiro atoms. The molecule has 4 heterocycles. The molecule has 452 valence electrons. The van der Waals surface area contributed by atoms with Crippen LogP contribution in [-0.2, 0) is 66.9 Å². The van der Waals surface area contributed by atoms with E-state index in [0.717, 1.165) is 11.1 Å². The second-order valence-electron chi connectivity index (χ2n) is 24.3. The lowest BCUT2D eigenvalue weighted by Crippen LogP contribution is -2.61. The molecule has 0 saturated carbocycles. The number of benzene rings is 3. The second-order valence-corrected chi connectivity index (χ2v) is 24.7. The number of likely N-dealkylation sites (N-methyl/N-ethyl adjacent to an activating group) is 1. The van der Waals surface area contributed by atoms with Crippen LogP contribution in [0.25, 0.3) is 0 Å². The largest absolute Gasteiger partial charge is 0.387 e. The van der Waals surface area contributed by atoms with Crippen LogP contribution in [0.2, 0.25) is 5.02 Å². The maximum Gasteiger partial charge on any atom is 0.247 e. The molecule has 6 N–H and O–H groups in total. The number of carbonyl (C=O) groups excluding carboxylic acids is 5. The van der Waals surface area contributed by atoms with Gasteiger partial charge in [-0.3, -0.25) is 24.0 Å². The first-order valence-corrected chi connectivity index (χ1v) is 29.4. The highest BCUT2D eigenvalue weighted by Gasteiger charge is 2.52. The van der Waals surface area contributed by atoms with Gasteiger partial charge in [-0.05, 0) is 115 Å². The Morgan fingerprint density at radius 2 is 1.60 bits per heavy atom. The molecule has 4 aliphatic rings. The summed E-state index contributed by atoms with van der Waals surface area (Å²) < 4.78 is 32.3. The van der Waals surface area contributed by atoms with E-state index >= 15 is 4.79 Å². The Bertz CT molecular complexity index is 2630. The minimum atomic E-state index is -1.69. The van der Waals surface area contributed by atoms with Crippen LogP contribution in [0.15, 0.2) is 78.9 Å². The quantitative estimate of drug-likeness (QED) is 0.114. The molecule has 19 nitrogen and oxygen atoms in total. The van der Waals surface area contributed by atoms with Crippen molar-refractivity contribution in [2.75, 3.05) is 46.7 Å². The number of nitrogens with zero attached hydrogens (tertiary/aromatic N) is 3. The van der Waals surface area contributed by atoms with Gasteiger partial charge in [0.2, 0.25) is 29.5 Å². The summed E-state index contributed by atoms with van der Waals surface area (Å²) >= 11 is 6.52. The van der Waals surface area contributed by atoms with Gasteiger partial charge in [0.05, 0.1) is 48.0 Å². The minimum absolute atomic E-state index is 0.0795. The maximum absolute atomic E-state index is 15.3. The molecule has 4 fully saturated rings. The number of nitrogens with one attached hydrogen (secondary N) is 3. The number of methoxy groups -OCH3 is 1. The van der Waals surface area contributed by atoms with E-state index in [4.69, 9.17) is 35.3 Å². The molecule has 7 rings (SSSR count). The van der Waals surface area contributed by atoms with Gasteiger partial charge in [0, 0.05) is 75.2 Å². The number of rotatable bonds is 15. The fraction of sp³-hybridized carbons (Fsp3) is 0.629. The molecule has 4 aliphatic heterocycles. The molecule has 3 aromatic carbocycles. The monoisotopic (exact) mass is 1160 g/mol. The van der Waals surface area contributed by atoms with Gasteiger partial charge in [-0.1, -0.05) is 93.0 Å². The molecular weight excluding hydrogens is 1070 g/mol. The van der Waals surface area contributed by atoms with Gasteiger partial charge in [0.1, 0.15) is 24.3 Å². The van der Waals surface area contributed by atoms with E-state index in [9.17, 15) is 34.5 Å². The third-order valence-corrected chi connectivity index (χ3v) is 17.5. The first-order valence-electron chi connectivity index (χ1n) is 29.0. The predicted octanol–water partition coefficient (Wildman–Crippen LogP) is 5.28. The lowest BCUT2D eigenvalue weighted by Gasteiger charge is -2.49. The summed E-state index contributed by atoms with van der Waals surface area (Å²) in [5, 5.41) is 45.4. The SMILES string of the molecule is CO[C@]1(C)C[C@H](O[C@H]2[C@H](C)[C@@H](O[C@@H]3O[C@H](C)C[C@H](N(C)C)[C@H]3O)[C@](C)(O)C[C@@H](C)CN(C)C(=O)C[C@@H](Cc3ccc(NC(=O)[C@H](Cc4ccccc4Cl)NC(=O)Cc4ccccc4)cc3)NC(=O)[C@@H]3CCCN3C(=O)[C@@H]2C)O[C@@H](C)[C@@H]1O. The maximum atomic E-state index is 15.3. The van der Waals surface area contributed by atoms with Crippen LogP contribution in [0.4, 0.5) is 5.69 Å². The number of aliphatic hydroxyl groups excluding tert-OH is 2. The summed E-state index contributed by atoms with van der Waals surface area (Å²) in [5.41, 5.74) is -0.0724. The van der Waals surface area contributed by atoms with Gasteiger partial charge < -0.3 is 69.7 Å². The molecule has 0 radical (unpaired) electrons. The van der Waals surface area contributed by atoms with E-state index in [2.05, 4.69) is 16.0 Å². The van der Waals surface area contributed by atoms with Crippen LogP contribution < -0.4 is 16.0 Å². The zero-order valence-corrected chi connectivity index (χ0v) is 50.3. The van der Waals surface area contributed by atoms with Crippen molar-refractivity contribution in [3.05, 3.63) is 101 Å². The van der Waals surface area contributed by atoms with Gasteiger partial charge >= 0.3 is 0 Å². The number of ether oxygens (including phenoxy) is 5. The van der Waals surface area contributed by atoms with Crippen molar-refractivity contribution in [2.24, 2.45) is 17.8 Å². The predicted molar refractivity (Wildman–Crippen MR) is 310 cm³/mol. The number of amides is 5. The van der Waals surface area contributed by atoms with Crippen molar-refractivity contribution in [1.82, 2.24) is 25.3 Å². The van der Waals surface area contributed by atoms with E-state index in [1.165, 1.54) is 7.11 Å². The number of halogens is 1. The fourth-order valence-electron chi connectivity index (χ4n) is 12.6. The molecular formula is C62H89ClN6O13. The Balaban J connectivity index is 1.16. The Morgan fingerprint density at radius 3 is 2.27 bits per heavy atom. The average molecular weight is 1160 g/mol.